The number of hydrogen-bond donors (Lipinski definition) is 0. The van der Waals surface area contributed by atoms with Gasteiger partial charge in [0.05, 0.1) is 32.1 Å². The topological polar surface area (TPSA) is 110 Å². The molecule has 0 saturated carbocycles. The molecule has 46 heavy (non-hydrogen) atoms. The second kappa shape index (κ2) is 20.1. The third-order valence-corrected chi connectivity index (χ3v) is 6.73. The van der Waals surface area contributed by atoms with Crippen LogP contribution in [0.4, 0.5) is 5.69 Å². The number of benzene rings is 3. The summed E-state index contributed by atoms with van der Waals surface area (Å²) in [6.45, 7) is 8.40. The van der Waals surface area contributed by atoms with Crippen molar-refractivity contribution < 1.29 is 38.1 Å². The Morgan fingerprint density at radius 1 is 0.652 bits per heavy atom. The number of nitrogens with zero attached hydrogens (tertiary/aromatic N) is 1. The van der Waals surface area contributed by atoms with Crippen LogP contribution in [-0.4, -0.2) is 50.6 Å². The molecule has 0 spiro atoms. The van der Waals surface area contributed by atoms with E-state index in [2.05, 4.69) is 34.1 Å². The van der Waals surface area contributed by atoms with E-state index in [1.54, 1.807) is 30.5 Å². The number of aliphatic imine (C=N–C) groups is 1. The van der Waals surface area contributed by atoms with E-state index in [4.69, 9.17) is 23.7 Å². The van der Waals surface area contributed by atoms with Crippen molar-refractivity contribution in [2.45, 2.75) is 25.7 Å². The van der Waals surface area contributed by atoms with Crippen molar-refractivity contribution in [1.82, 2.24) is 0 Å². The van der Waals surface area contributed by atoms with Gasteiger partial charge >= 0.3 is 17.9 Å². The molecule has 0 unspecified atom stereocenters. The first-order chi connectivity index (χ1) is 22.4. The van der Waals surface area contributed by atoms with E-state index in [-0.39, 0.29) is 0 Å². The Morgan fingerprint density at radius 3 is 1.67 bits per heavy atom. The van der Waals surface area contributed by atoms with E-state index in [9.17, 15) is 14.4 Å². The number of unbranched alkanes of at least 4 members (excludes halogenated alkanes) is 2. The minimum absolute atomic E-state index is 0.331. The largest absolute Gasteiger partial charge is 0.494 e. The predicted octanol–water partition coefficient (Wildman–Crippen LogP) is 7.59. The van der Waals surface area contributed by atoms with Crippen LogP contribution in [0.15, 0.2) is 108 Å². The first kappa shape index (κ1) is 35.5. The standard InChI is InChI=1S/C36H36BrNO8/c1-3-34(39)44-23-7-5-21-42-29-14-9-27(10-15-29)13-20-36(41)46-31-18-19-33(32(37)25-31)38-26-28-11-16-30(17-12-28)43-22-6-8-24-45-35(40)4-2/h3-4,9-20,25-26H,1-2,5-8,21-24H2/b20-13+,38-26?. The minimum atomic E-state index is -0.515. The highest BCUT2D eigenvalue weighted by Gasteiger charge is 2.06. The van der Waals surface area contributed by atoms with Gasteiger partial charge in [-0.2, -0.15) is 0 Å². The zero-order valence-electron chi connectivity index (χ0n) is 25.4. The Labute approximate surface area is 277 Å². The van der Waals surface area contributed by atoms with Gasteiger partial charge in [0, 0.05) is 28.9 Å². The molecule has 3 aromatic carbocycles. The highest BCUT2D eigenvalue weighted by Crippen LogP contribution is 2.30. The van der Waals surface area contributed by atoms with Gasteiger partial charge in [0.1, 0.15) is 17.2 Å². The lowest BCUT2D eigenvalue weighted by molar-refractivity contribution is -0.138. The van der Waals surface area contributed by atoms with Gasteiger partial charge in [-0.1, -0.05) is 25.3 Å². The van der Waals surface area contributed by atoms with Gasteiger partial charge in [-0.25, -0.2) is 14.4 Å². The van der Waals surface area contributed by atoms with E-state index in [0.717, 1.165) is 41.9 Å². The van der Waals surface area contributed by atoms with E-state index in [1.165, 1.54) is 6.08 Å². The number of rotatable bonds is 19. The zero-order chi connectivity index (χ0) is 33.0. The Bertz CT molecular complexity index is 1510. The van der Waals surface area contributed by atoms with E-state index in [1.807, 2.05) is 48.5 Å². The van der Waals surface area contributed by atoms with Crippen LogP contribution in [0, 0.1) is 0 Å². The maximum atomic E-state index is 12.4. The van der Waals surface area contributed by atoms with E-state index < -0.39 is 17.9 Å². The van der Waals surface area contributed by atoms with Crippen LogP contribution in [0.5, 0.6) is 17.2 Å². The van der Waals surface area contributed by atoms with Crippen molar-refractivity contribution in [3.05, 3.63) is 114 Å². The quantitative estimate of drug-likeness (QED) is 0.0416. The molecule has 0 aliphatic rings. The molecule has 0 aliphatic heterocycles. The molecule has 0 saturated heterocycles. The first-order valence-corrected chi connectivity index (χ1v) is 15.4. The SMILES string of the molecule is C=CC(=O)OCCCCOc1ccc(C=Nc2ccc(OC(=O)/C=C/c3ccc(OCCCCOC(=O)C=C)cc3)cc2Br)cc1. The molecule has 0 atom stereocenters. The molecule has 3 aromatic rings. The van der Waals surface area contributed by atoms with Crippen molar-refractivity contribution >= 4 is 51.8 Å². The Kier molecular flexibility index (Phi) is 15.6. The lowest BCUT2D eigenvalue weighted by Gasteiger charge is -2.07. The molecule has 0 radical (unpaired) electrons. The predicted molar refractivity (Wildman–Crippen MR) is 181 cm³/mol. The van der Waals surface area contributed by atoms with Gasteiger partial charge < -0.3 is 23.7 Å². The summed E-state index contributed by atoms with van der Waals surface area (Å²) in [4.78, 5) is 38.9. The Morgan fingerprint density at radius 2 is 1.15 bits per heavy atom. The highest BCUT2D eigenvalue weighted by atomic mass is 79.9. The average molecular weight is 691 g/mol. The monoisotopic (exact) mass is 689 g/mol. The molecular formula is C36H36BrNO8. The Balaban J connectivity index is 1.39. The van der Waals surface area contributed by atoms with Crippen molar-refractivity contribution in [1.29, 1.82) is 0 Å². The lowest BCUT2D eigenvalue weighted by Crippen LogP contribution is -2.04. The van der Waals surface area contributed by atoms with E-state index in [0.29, 0.717) is 60.9 Å². The molecule has 0 amide bonds. The van der Waals surface area contributed by atoms with Crippen molar-refractivity contribution in [3.63, 3.8) is 0 Å². The summed E-state index contributed by atoms with van der Waals surface area (Å²) in [5.41, 5.74) is 2.38. The summed E-state index contributed by atoms with van der Waals surface area (Å²) in [5.74, 6) is 0.458. The normalized spacial score (nSPS) is 10.8. The smallest absolute Gasteiger partial charge is 0.336 e. The molecular weight excluding hydrogens is 654 g/mol. The maximum absolute atomic E-state index is 12.4. The molecule has 0 aliphatic carbocycles. The van der Waals surface area contributed by atoms with Gasteiger partial charge in [-0.05, 0) is 113 Å². The average Bonchev–Trinajstić information content (AvgIpc) is 3.07. The van der Waals surface area contributed by atoms with Crippen molar-refractivity contribution in [2.24, 2.45) is 4.99 Å². The van der Waals surface area contributed by atoms with E-state index >= 15 is 0 Å². The van der Waals surface area contributed by atoms with Gasteiger partial charge in [-0.15, -0.1) is 0 Å². The van der Waals surface area contributed by atoms with Crippen LogP contribution in [0.25, 0.3) is 6.08 Å². The van der Waals surface area contributed by atoms with Gasteiger partial charge in [-0.3, -0.25) is 4.99 Å². The van der Waals surface area contributed by atoms with Crippen LogP contribution in [-0.2, 0) is 23.9 Å². The number of ether oxygens (including phenoxy) is 5. The third kappa shape index (κ3) is 13.8. The summed E-state index contributed by atoms with van der Waals surface area (Å²) in [5, 5.41) is 0. The molecule has 0 N–H and O–H groups in total. The highest BCUT2D eigenvalue weighted by molar-refractivity contribution is 9.10. The molecule has 240 valence electrons. The number of carbonyl (C=O) groups excluding carboxylic acids is 3. The second-order valence-electron chi connectivity index (χ2n) is 9.62. The van der Waals surface area contributed by atoms with Crippen LogP contribution in [0.3, 0.4) is 0 Å². The van der Waals surface area contributed by atoms with Crippen LogP contribution in [0.2, 0.25) is 0 Å². The Hall–Kier alpha value is -4.96. The molecule has 10 heteroatoms. The number of esters is 3. The van der Waals surface area contributed by atoms with Crippen LogP contribution < -0.4 is 14.2 Å². The summed E-state index contributed by atoms with van der Waals surface area (Å²) >= 11 is 3.49. The molecule has 0 bridgehead atoms. The molecule has 0 heterocycles. The van der Waals surface area contributed by atoms with Crippen molar-refractivity contribution in [2.75, 3.05) is 26.4 Å². The van der Waals surface area contributed by atoms with Crippen LogP contribution in [0.1, 0.15) is 36.8 Å². The summed E-state index contributed by atoms with van der Waals surface area (Å²) in [6.07, 6.45) is 9.94. The molecule has 0 aromatic heterocycles. The number of carbonyl (C=O) groups is 3. The summed E-state index contributed by atoms with van der Waals surface area (Å²) < 4.78 is 27.4. The van der Waals surface area contributed by atoms with Crippen LogP contribution >= 0.6 is 15.9 Å². The summed E-state index contributed by atoms with van der Waals surface area (Å²) in [7, 11) is 0. The number of halogens is 1. The third-order valence-electron chi connectivity index (χ3n) is 6.10. The summed E-state index contributed by atoms with van der Waals surface area (Å²) in [6, 6.07) is 19.9. The fourth-order valence-electron chi connectivity index (χ4n) is 3.69. The lowest BCUT2D eigenvalue weighted by atomic mass is 10.2. The molecule has 0 fully saturated rings. The van der Waals surface area contributed by atoms with Gasteiger partial charge in [0.25, 0.3) is 0 Å². The fraction of sp³-hybridized carbons (Fsp3) is 0.222. The zero-order valence-corrected chi connectivity index (χ0v) is 27.0. The van der Waals surface area contributed by atoms with Gasteiger partial charge in [0.2, 0.25) is 0 Å². The minimum Gasteiger partial charge on any atom is -0.494 e. The van der Waals surface area contributed by atoms with Crippen molar-refractivity contribution in [3.8, 4) is 17.2 Å². The number of hydrogen-bond acceptors (Lipinski definition) is 9. The fourth-order valence-corrected chi connectivity index (χ4v) is 4.15. The maximum Gasteiger partial charge on any atom is 0.336 e. The second-order valence-corrected chi connectivity index (χ2v) is 10.5. The molecule has 3 rings (SSSR count). The first-order valence-electron chi connectivity index (χ1n) is 14.6. The van der Waals surface area contributed by atoms with Gasteiger partial charge in [0.15, 0.2) is 0 Å². The molecule has 9 nitrogen and oxygen atoms in total.